The number of rotatable bonds is 6. The van der Waals surface area contributed by atoms with Gasteiger partial charge in [0.1, 0.15) is 4.33 Å². The third-order valence-corrected chi connectivity index (χ3v) is 4.25. The van der Waals surface area contributed by atoms with Crippen molar-refractivity contribution in [2.24, 2.45) is 5.92 Å². The Morgan fingerprint density at radius 2 is 2.05 bits per heavy atom. The second-order valence-electron chi connectivity index (χ2n) is 4.88. The van der Waals surface area contributed by atoms with Crippen molar-refractivity contribution in [2.45, 2.75) is 23.1 Å². The average molecular weight is 302 g/mol. The molecule has 19 heavy (non-hydrogen) atoms. The maximum absolute atomic E-state index is 11.8. The minimum atomic E-state index is -0.886. The van der Waals surface area contributed by atoms with Crippen LogP contribution in [0.25, 0.3) is 0 Å². The van der Waals surface area contributed by atoms with Gasteiger partial charge in [0.15, 0.2) is 0 Å². The van der Waals surface area contributed by atoms with E-state index < -0.39 is 4.33 Å². The Balaban J connectivity index is 1.89. The maximum atomic E-state index is 11.8. The molecule has 2 rings (SSSR count). The van der Waals surface area contributed by atoms with Crippen molar-refractivity contribution in [3.63, 3.8) is 0 Å². The van der Waals surface area contributed by atoms with Gasteiger partial charge in [0, 0.05) is 19.1 Å². The van der Waals surface area contributed by atoms with Crippen LogP contribution in [0.5, 0.6) is 0 Å². The Morgan fingerprint density at radius 3 is 2.58 bits per heavy atom. The van der Waals surface area contributed by atoms with E-state index in [-0.39, 0.29) is 24.3 Å². The third kappa shape index (κ3) is 3.85. The molecule has 0 radical (unpaired) electrons. The van der Waals surface area contributed by atoms with Crippen LogP contribution in [0.1, 0.15) is 24.3 Å². The first-order valence-electron chi connectivity index (χ1n) is 6.36. The fourth-order valence-electron chi connectivity index (χ4n) is 2.11. The van der Waals surface area contributed by atoms with E-state index in [1.54, 1.807) is 0 Å². The molecule has 1 fully saturated rings. The molecule has 1 aliphatic carbocycles. The Morgan fingerprint density at radius 1 is 1.42 bits per heavy atom. The first-order chi connectivity index (χ1) is 9.04. The number of alkyl halides is 2. The SMILES string of the molecule is O=C(NCC(CCO)c1ccccc1)C1CC1(Cl)Cl. The van der Waals surface area contributed by atoms with Crippen molar-refractivity contribution in [1.29, 1.82) is 0 Å². The zero-order valence-corrected chi connectivity index (χ0v) is 12.0. The zero-order chi connectivity index (χ0) is 13.9. The summed E-state index contributed by atoms with van der Waals surface area (Å²) in [5.41, 5.74) is 1.11. The standard InChI is InChI=1S/C14H17Cl2NO2/c15-14(16)8-12(14)13(19)17-9-11(6-7-18)10-4-2-1-3-5-10/h1-5,11-12,18H,6-9H2,(H,17,19). The average Bonchev–Trinajstić information content (AvgIpc) is 3.04. The monoisotopic (exact) mass is 301 g/mol. The number of carbonyl (C=O) groups is 1. The summed E-state index contributed by atoms with van der Waals surface area (Å²) in [6.07, 6.45) is 1.12. The predicted octanol–water partition coefficient (Wildman–Crippen LogP) is 2.46. The number of halogens is 2. The van der Waals surface area contributed by atoms with E-state index in [9.17, 15) is 4.79 Å². The van der Waals surface area contributed by atoms with Crippen molar-refractivity contribution in [1.82, 2.24) is 5.32 Å². The molecule has 0 aliphatic heterocycles. The van der Waals surface area contributed by atoms with Crippen LogP contribution in [-0.2, 0) is 4.79 Å². The Hall–Kier alpha value is -0.770. The maximum Gasteiger partial charge on any atom is 0.226 e. The fourth-order valence-corrected chi connectivity index (χ4v) is 2.62. The molecule has 0 bridgehead atoms. The smallest absolute Gasteiger partial charge is 0.226 e. The van der Waals surface area contributed by atoms with E-state index in [2.05, 4.69) is 5.32 Å². The van der Waals surface area contributed by atoms with E-state index in [0.717, 1.165) is 5.56 Å². The highest BCUT2D eigenvalue weighted by Crippen LogP contribution is 2.53. The number of amides is 1. The number of carbonyl (C=O) groups excluding carboxylic acids is 1. The molecule has 0 saturated heterocycles. The van der Waals surface area contributed by atoms with Gasteiger partial charge in [-0.1, -0.05) is 30.3 Å². The summed E-state index contributed by atoms with van der Waals surface area (Å²) in [5.74, 6) is -0.306. The molecular formula is C14H17Cl2NO2. The molecule has 2 atom stereocenters. The van der Waals surface area contributed by atoms with Crippen LogP contribution in [-0.4, -0.2) is 28.5 Å². The lowest BCUT2D eigenvalue weighted by molar-refractivity contribution is -0.122. The molecule has 2 unspecified atom stereocenters. The van der Waals surface area contributed by atoms with E-state index in [0.29, 0.717) is 19.4 Å². The van der Waals surface area contributed by atoms with E-state index in [1.807, 2.05) is 30.3 Å². The van der Waals surface area contributed by atoms with E-state index >= 15 is 0 Å². The summed E-state index contributed by atoms with van der Waals surface area (Å²) in [6.45, 7) is 0.581. The van der Waals surface area contributed by atoms with Gasteiger partial charge in [0.25, 0.3) is 0 Å². The van der Waals surface area contributed by atoms with Crippen LogP contribution < -0.4 is 5.32 Å². The molecule has 0 spiro atoms. The van der Waals surface area contributed by atoms with Gasteiger partial charge in [0.05, 0.1) is 5.92 Å². The van der Waals surface area contributed by atoms with Crippen molar-refractivity contribution in [2.75, 3.05) is 13.2 Å². The van der Waals surface area contributed by atoms with E-state index in [1.165, 1.54) is 0 Å². The van der Waals surface area contributed by atoms with Crippen LogP contribution >= 0.6 is 23.2 Å². The Bertz CT molecular complexity index is 436. The zero-order valence-electron chi connectivity index (χ0n) is 10.5. The molecule has 2 N–H and O–H groups in total. The minimum absolute atomic E-state index is 0.0911. The highest BCUT2D eigenvalue weighted by Gasteiger charge is 2.56. The number of hydrogen-bond donors (Lipinski definition) is 2. The quantitative estimate of drug-likeness (QED) is 0.793. The molecule has 1 aromatic rings. The Kier molecular flexibility index (Phi) is 4.71. The van der Waals surface area contributed by atoms with Gasteiger partial charge < -0.3 is 10.4 Å². The molecule has 0 aromatic heterocycles. The van der Waals surface area contributed by atoms with Gasteiger partial charge in [-0.25, -0.2) is 0 Å². The van der Waals surface area contributed by atoms with Gasteiger partial charge in [-0.3, -0.25) is 4.79 Å². The van der Waals surface area contributed by atoms with Gasteiger partial charge >= 0.3 is 0 Å². The van der Waals surface area contributed by atoms with Gasteiger partial charge in [-0.05, 0) is 18.4 Å². The largest absolute Gasteiger partial charge is 0.396 e. The molecule has 1 saturated carbocycles. The number of aliphatic hydroxyl groups excluding tert-OH is 1. The molecule has 3 nitrogen and oxygen atoms in total. The van der Waals surface area contributed by atoms with Crippen molar-refractivity contribution >= 4 is 29.1 Å². The normalized spacial score (nSPS) is 21.7. The number of benzene rings is 1. The molecule has 1 aromatic carbocycles. The van der Waals surface area contributed by atoms with Crippen molar-refractivity contribution in [3.05, 3.63) is 35.9 Å². The summed E-state index contributed by atoms with van der Waals surface area (Å²) in [4.78, 5) is 11.8. The molecule has 1 amide bonds. The molecule has 0 heterocycles. The Labute approximate surface area is 122 Å². The second-order valence-corrected chi connectivity index (χ2v) is 6.43. The number of nitrogens with one attached hydrogen (secondary N) is 1. The topological polar surface area (TPSA) is 49.3 Å². The summed E-state index contributed by atoms with van der Waals surface area (Å²) >= 11 is 11.7. The van der Waals surface area contributed by atoms with E-state index in [4.69, 9.17) is 28.3 Å². The van der Waals surface area contributed by atoms with Crippen LogP contribution in [0, 0.1) is 5.92 Å². The second kappa shape index (κ2) is 6.12. The van der Waals surface area contributed by atoms with Crippen LogP contribution in [0.3, 0.4) is 0 Å². The molecular weight excluding hydrogens is 285 g/mol. The van der Waals surface area contributed by atoms with Gasteiger partial charge in [0.2, 0.25) is 5.91 Å². The number of aliphatic hydroxyl groups is 1. The van der Waals surface area contributed by atoms with Crippen LogP contribution in [0.4, 0.5) is 0 Å². The lowest BCUT2D eigenvalue weighted by Crippen LogP contribution is -2.31. The minimum Gasteiger partial charge on any atom is -0.396 e. The van der Waals surface area contributed by atoms with Crippen molar-refractivity contribution < 1.29 is 9.90 Å². The molecule has 5 heteroatoms. The van der Waals surface area contributed by atoms with Crippen molar-refractivity contribution in [3.8, 4) is 0 Å². The molecule has 1 aliphatic rings. The third-order valence-electron chi connectivity index (χ3n) is 3.41. The lowest BCUT2D eigenvalue weighted by Gasteiger charge is -2.17. The van der Waals surface area contributed by atoms with Crippen LogP contribution in [0.15, 0.2) is 30.3 Å². The lowest BCUT2D eigenvalue weighted by atomic mass is 9.96. The number of hydrogen-bond acceptors (Lipinski definition) is 2. The first kappa shape index (κ1) is 14.6. The molecule has 104 valence electrons. The summed E-state index contributed by atoms with van der Waals surface area (Å²) in [5, 5.41) is 12.0. The van der Waals surface area contributed by atoms with Crippen LogP contribution in [0.2, 0.25) is 0 Å². The highest BCUT2D eigenvalue weighted by atomic mass is 35.5. The highest BCUT2D eigenvalue weighted by molar-refractivity contribution is 6.52. The fraction of sp³-hybridized carbons (Fsp3) is 0.500. The summed E-state index contributed by atoms with van der Waals surface area (Å²) < 4.78 is -0.886. The predicted molar refractivity (Wildman–Crippen MR) is 76.4 cm³/mol. The summed E-state index contributed by atoms with van der Waals surface area (Å²) in [6, 6.07) is 9.83. The van der Waals surface area contributed by atoms with Gasteiger partial charge in [-0.2, -0.15) is 0 Å². The summed E-state index contributed by atoms with van der Waals surface area (Å²) in [7, 11) is 0. The first-order valence-corrected chi connectivity index (χ1v) is 7.11. The van der Waals surface area contributed by atoms with Gasteiger partial charge in [-0.15, -0.1) is 23.2 Å².